The van der Waals surface area contributed by atoms with Crippen LogP contribution in [0, 0.1) is 0 Å². The number of hydrogen-bond donors (Lipinski definition) is 3. The lowest BCUT2D eigenvalue weighted by Crippen LogP contribution is -2.19. The number of carbonyl (C=O) groups excluding carboxylic acids is 2. The summed E-state index contributed by atoms with van der Waals surface area (Å²) < 4.78 is 15.5. The van der Waals surface area contributed by atoms with Gasteiger partial charge in [-0.3, -0.25) is 9.59 Å². The Morgan fingerprint density at radius 3 is 2.25 bits per heavy atom. The zero-order chi connectivity index (χ0) is 17.5. The third-order valence-electron chi connectivity index (χ3n) is 3.16. The van der Waals surface area contributed by atoms with Gasteiger partial charge >= 0.3 is 0 Å². The maximum atomic E-state index is 12.2. The van der Waals surface area contributed by atoms with Gasteiger partial charge < -0.3 is 30.3 Å². The number of nitrogens with two attached hydrogens (primary N) is 1. The van der Waals surface area contributed by atoms with Crippen molar-refractivity contribution in [1.29, 1.82) is 0 Å². The lowest BCUT2D eigenvalue weighted by Gasteiger charge is -2.16. The SMILES string of the molecule is COc1cc(NC(=O)CCN)c(NC(=O)c2ccco2)cc1OC. The molecule has 0 fully saturated rings. The third kappa shape index (κ3) is 4.05. The Kier molecular flexibility index (Phi) is 5.80. The van der Waals surface area contributed by atoms with E-state index in [9.17, 15) is 9.59 Å². The predicted octanol–water partition coefficient (Wildman–Crippen LogP) is 1.84. The van der Waals surface area contributed by atoms with Crippen molar-refractivity contribution in [3.05, 3.63) is 36.3 Å². The highest BCUT2D eigenvalue weighted by molar-refractivity contribution is 6.06. The largest absolute Gasteiger partial charge is 0.493 e. The fraction of sp³-hybridized carbons (Fsp3) is 0.250. The molecule has 8 heteroatoms. The molecule has 0 bridgehead atoms. The molecule has 0 atom stereocenters. The molecule has 0 unspecified atom stereocenters. The zero-order valence-electron chi connectivity index (χ0n) is 13.4. The van der Waals surface area contributed by atoms with Crippen molar-refractivity contribution >= 4 is 23.2 Å². The highest BCUT2D eigenvalue weighted by Crippen LogP contribution is 2.36. The molecule has 0 spiro atoms. The van der Waals surface area contributed by atoms with Crippen LogP contribution in [0.2, 0.25) is 0 Å². The van der Waals surface area contributed by atoms with Crippen LogP contribution in [0.1, 0.15) is 17.0 Å². The monoisotopic (exact) mass is 333 g/mol. The second-order valence-electron chi connectivity index (χ2n) is 4.77. The van der Waals surface area contributed by atoms with Gasteiger partial charge in [-0.05, 0) is 12.1 Å². The van der Waals surface area contributed by atoms with Gasteiger partial charge in [-0.25, -0.2) is 0 Å². The minimum atomic E-state index is -0.457. The molecule has 0 radical (unpaired) electrons. The molecule has 0 aliphatic heterocycles. The Morgan fingerprint density at radius 2 is 1.75 bits per heavy atom. The van der Waals surface area contributed by atoms with Crippen LogP contribution in [0.25, 0.3) is 0 Å². The molecule has 1 aromatic heterocycles. The van der Waals surface area contributed by atoms with E-state index in [0.717, 1.165) is 0 Å². The number of carbonyl (C=O) groups is 2. The maximum absolute atomic E-state index is 12.2. The molecule has 2 amide bonds. The molecule has 24 heavy (non-hydrogen) atoms. The molecule has 8 nitrogen and oxygen atoms in total. The summed E-state index contributed by atoms with van der Waals surface area (Å²) in [5.74, 6) is 0.226. The van der Waals surface area contributed by atoms with Gasteiger partial charge in [-0.15, -0.1) is 0 Å². The van der Waals surface area contributed by atoms with Crippen molar-refractivity contribution in [3.63, 3.8) is 0 Å². The fourth-order valence-corrected chi connectivity index (χ4v) is 2.02. The van der Waals surface area contributed by atoms with Gasteiger partial charge in [0.2, 0.25) is 5.91 Å². The van der Waals surface area contributed by atoms with Crippen molar-refractivity contribution in [1.82, 2.24) is 0 Å². The Hall–Kier alpha value is -3.00. The summed E-state index contributed by atoms with van der Waals surface area (Å²) in [6.45, 7) is 0.215. The molecule has 0 saturated heterocycles. The van der Waals surface area contributed by atoms with Crippen molar-refractivity contribution in [2.75, 3.05) is 31.4 Å². The third-order valence-corrected chi connectivity index (χ3v) is 3.16. The summed E-state index contributed by atoms with van der Waals surface area (Å²) in [5.41, 5.74) is 6.09. The second-order valence-corrected chi connectivity index (χ2v) is 4.77. The number of hydrogen-bond acceptors (Lipinski definition) is 6. The molecule has 1 heterocycles. The summed E-state index contributed by atoms with van der Waals surface area (Å²) in [4.78, 5) is 24.0. The summed E-state index contributed by atoms with van der Waals surface area (Å²) >= 11 is 0. The molecular formula is C16H19N3O5. The van der Waals surface area contributed by atoms with Crippen LogP contribution in [0.4, 0.5) is 11.4 Å². The lowest BCUT2D eigenvalue weighted by atomic mass is 10.2. The van der Waals surface area contributed by atoms with Gasteiger partial charge in [0, 0.05) is 25.1 Å². The van der Waals surface area contributed by atoms with Crippen molar-refractivity contribution < 1.29 is 23.5 Å². The van der Waals surface area contributed by atoms with E-state index < -0.39 is 5.91 Å². The maximum Gasteiger partial charge on any atom is 0.291 e. The molecule has 128 valence electrons. The van der Waals surface area contributed by atoms with Gasteiger partial charge in [0.1, 0.15) is 0 Å². The van der Waals surface area contributed by atoms with Crippen LogP contribution in [-0.2, 0) is 4.79 Å². The minimum Gasteiger partial charge on any atom is -0.493 e. The van der Waals surface area contributed by atoms with Gasteiger partial charge in [0.25, 0.3) is 5.91 Å². The lowest BCUT2D eigenvalue weighted by molar-refractivity contribution is -0.116. The van der Waals surface area contributed by atoms with E-state index in [4.69, 9.17) is 19.6 Å². The first-order valence-electron chi connectivity index (χ1n) is 7.19. The molecule has 4 N–H and O–H groups in total. The Balaban J connectivity index is 2.34. The van der Waals surface area contributed by atoms with Crippen molar-refractivity contribution in [3.8, 4) is 11.5 Å². The van der Waals surface area contributed by atoms with E-state index >= 15 is 0 Å². The first-order valence-corrected chi connectivity index (χ1v) is 7.19. The normalized spacial score (nSPS) is 10.1. The van der Waals surface area contributed by atoms with E-state index in [-0.39, 0.29) is 24.6 Å². The van der Waals surface area contributed by atoms with Crippen LogP contribution in [-0.4, -0.2) is 32.6 Å². The van der Waals surface area contributed by atoms with Gasteiger partial charge in [-0.1, -0.05) is 0 Å². The first-order chi connectivity index (χ1) is 11.6. The summed E-state index contributed by atoms with van der Waals surface area (Å²) in [5, 5.41) is 5.36. The minimum absolute atomic E-state index is 0.143. The molecule has 0 aliphatic rings. The molecular weight excluding hydrogens is 314 g/mol. The van der Waals surface area contributed by atoms with Crippen LogP contribution < -0.4 is 25.8 Å². The number of amides is 2. The number of nitrogens with one attached hydrogen (secondary N) is 2. The topological polar surface area (TPSA) is 116 Å². The van der Waals surface area contributed by atoms with Gasteiger partial charge in [0.15, 0.2) is 17.3 Å². The average molecular weight is 333 g/mol. The number of furan rings is 1. The Labute approximate surface area is 138 Å². The summed E-state index contributed by atoms with van der Waals surface area (Å²) in [7, 11) is 2.95. The molecule has 1 aromatic carbocycles. The number of methoxy groups -OCH3 is 2. The molecule has 0 saturated carbocycles. The van der Waals surface area contributed by atoms with E-state index in [2.05, 4.69) is 10.6 Å². The van der Waals surface area contributed by atoms with Gasteiger partial charge in [-0.2, -0.15) is 0 Å². The molecule has 0 aliphatic carbocycles. The summed E-state index contributed by atoms with van der Waals surface area (Å²) in [6.07, 6.45) is 1.55. The number of anilines is 2. The fourth-order valence-electron chi connectivity index (χ4n) is 2.02. The second kappa shape index (κ2) is 8.02. The smallest absolute Gasteiger partial charge is 0.291 e. The number of rotatable bonds is 7. The van der Waals surface area contributed by atoms with Crippen LogP contribution >= 0.6 is 0 Å². The van der Waals surface area contributed by atoms with E-state index in [1.807, 2.05) is 0 Å². The predicted molar refractivity (Wildman–Crippen MR) is 88.5 cm³/mol. The zero-order valence-corrected chi connectivity index (χ0v) is 13.4. The highest BCUT2D eigenvalue weighted by Gasteiger charge is 2.17. The van der Waals surface area contributed by atoms with E-state index in [1.165, 1.54) is 26.5 Å². The van der Waals surface area contributed by atoms with E-state index in [0.29, 0.717) is 22.9 Å². The van der Waals surface area contributed by atoms with Crippen LogP contribution in [0.3, 0.4) is 0 Å². The van der Waals surface area contributed by atoms with Crippen molar-refractivity contribution in [2.45, 2.75) is 6.42 Å². The van der Waals surface area contributed by atoms with E-state index in [1.54, 1.807) is 18.2 Å². The molecule has 2 rings (SSSR count). The number of ether oxygens (including phenoxy) is 2. The van der Waals surface area contributed by atoms with Gasteiger partial charge in [0.05, 0.1) is 31.9 Å². The Morgan fingerprint density at radius 1 is 1.12 bits per heavy atom. The van der Waals surface area contributed by atoms with Crippen LogP contribution in [0.5, 0.6) is 11.5 Å². The number of benzene rings is 1. The first kappa shape index (κ1) is 17.4. The Bertz CT molecular complexity index is 713. The van der Waals surface area contributed by atoms with Crippen molar-refractivity contribution in [2.24, 2.45) is 5.73 Å². The standard InChI is InChI=1S/C16H19N3O5/c1-22-13-8-10(18-15(20)5-6-17)11(9-14(13)23-2)19-16(21)12-4-3-7-24-12/h3-4,7-9H,5-6,17H2,1-2H3,(H,18,20)(H,19,21). The molecule has 2 aromatic rings. The van der Waals surface area contributed by atoms with Crippen LogP contribution in [0.15, 0.2) is 34.9 Å². The quantitative estimate of drug-likeness (QED) is 0.712. The average Bonchev–Trinajstić information content (AvgIpc) is 3.10. The summed E-state index contributed by atoms with van der Waals surface area (Å²) in [6, 6.07) is 6.25. The highest BCUT2D eigenvalue weighted by atomic mass is 16.5.